The third kappa shape index (κ3) is 6.31. The number of sulfonamides is 1. The molecule has 0 aliphatic carbocycles. The van der Waals surface area contributed by atoms with Crippen molar-refractivity contribution in [1.82, 2.24) is 4.72 Å². The molecule has 6 heteroatoms. The fourth-order valence-electron chi connectivity index (χ4n) is 2.30. The summed E-state index contributed by atoms with van der Waals surface area (Å²) in [5.41, 5.74) is 1.90. The van der Waals surface area contributed by atoms with E-state index in [1.165, 1.54) is 0 Å². The summed E-state index contributed by atoms with van der Waals surface area (Å²) in [5, 5.41) is 9.97. The summed E-state index contributed by atoms with van der Waals surface area (Å²) < 4.78 is 31.6. The number of rotatable bonds is 9. The van der Waals surface area contributed by atoms with Gasteiger partial charge in [0.25, 0.3) is 0 Å². The van der Waals surface area contributed by atoms with Gasteiger partial charge >= 0.3 is 0 Å². The lowest BCUT2D eigenvalue weighted by molar-refractivity contribution is 0.179. The lowest BCUT2D eigenvalue weighted by Crippen LogP contribution is -2.35. The number of hydrogen-bond acceptors (Lipinski definition) is 4. The van der Waals surface area contributed by atoms with Crippen molar-refractivity contribution in [2.75, 3.05) is 19.4 Å². The van der Waals surface area contributed by atoms with Gasteiger partial charge in [-0.1, -0.05) is 42.5 Å². The van der Waals surface area contributed by atoms with Crippen LogP contribution in [0.2, 0.25) is 0 Å². The van der Waals surface area contributed by atoms with E-state index >= 15 is 0 Å². The van der Waals surface area contributed by atoms with Gasteiger partial charge in [-0.05, 0) is 36.1 Å². The van der Waals surface area contributed by atoms with Gasteiger partial charge in [0.15, 0.2) is 0 Å². The van der Waals surface area contributed by atoms with Gasteiger partial charge in [0, 0.05) is 6.54 Å². The van der Waals surface area contributed by atoms with Crippen molar-refractivity contribution in [3.05, 3.63) is 65.7 Å². The van der Waals surface area contributed by atoms with Crippen molar-refractivity contribution in [2.24, 2.45) is 0 Å². The average molecular weight is 349 g/mol. The van der Waals surface area contributed by atoms with Crippen LogP contribution in [0.5, 0.6) is 5.75 Å². The second-order valence-corrected chi connectivity index (χ2v) is 7.54. The van der Waals surface area contributed by atoms with Crippen LogP contribution in [0.1, 0.15) is 11.1 Å². The number of ether oxygens (including phenoxy) is 1. The predicted molar refractivity (Wildman–Crippen MR) is 94.6 cm³/mol. The zero-order chi connectivity index (χ0) is 17.4. The molecule has 5 nitrogen and oxygen atoms in total. The van der Waals surface area contributed by atoms with Crippen molar-refractivity contribution in [2.45, 2.75) is 18.9 Å². The van der Waals surface area contributed by atoms with Crippen LogP contribution in [0.3, 0.4) is 0 Å². The number of aliphatic hydroxyl groups excluding tert-OH is 1. The Labute approximate surface area is 143 Å². The first-order chi connectivity index (χ1) is 11.5. The highest BCUT2D eigenvalue weighted by atomic mass is 32.2. The van der Waals surface area contributed by atoms with E-state index in [4.69, 9.17) is 4.74 Å². The smallest absolute Gasteiger partial charge is 0.212 e. The molecule has 0 unspecified atom stereocenters. The number of methoxy groups -OCH3 is 1. The topological polar surface area (TPSA) is 75.6 Å². The first kappa shape index (κ1) is 18.4. The van der Waals surface area contributed by atoms with Gasteiger partial charge in [0.05, 0.1) is 19.0 Å². The quantitative estimate of drug-likeness (QED) is 0.723. The molecule has 0 aliphatic rings. The van der Waals surface area contributed by atoms with Gasteiger partial charge in [-0.3, -0.25) is 0 Å². The summed E-state index contributed by atoms with van der Waals surface area (Å²) in [6, 6.07) is 16.8. The Morgan fingerprint density at radius 2 is 1.71 bits per heavy atom. The molecule has 0 aliphatic heterocycles. The number of nitrogens with one attached hydrogen (secondary N) is 1. The lowest BCUT2D eigenvalue weighted by Gasteiger charge is -2.12. The highest BCUT2D eigenvalue weighted by molar-refractivity contribution is 7.89. The van der Waals surface area contributed by atoms with Crippen LogP contribution in [0.25, 0.3) is 0 Å². The van der Waals surface area contributed by atoms with E-state index in [0.717, 1.165) is 16.9 Å². The normalized spacial score (nSPS) is 12.8. The summed E-state index contributed by atoms with van der Waals surface area (Å²) in [6.07, 6.45) is 0.0822. The molecular formula is C18H23NO4S. The second kappa shape index (κ2) is 8.82. The minimum atomic E-state index is -3.42. The van der Waals surface area contributed by atoms with E-state index in [2.05, 4.69) is 4.72 Å². The second-order valence-electron chi connectivity index (χ2n) is 5.61. The zero-order valence-corrected chi connectivity index (χ0v) is 14.5. The fraction of sp³-hybridized carbons (Fsp3) is 0.333. The molecule has 2 N–H and O–H groups in total. The van der Waals surface area contributed by atoms with Crippen LogP contribution in [-0.4, -0.2) is 39.0 Å². The molecule has 24 heavy (non-hydrogen) atoms. The molecule has 1 atom stereocenters. The molecule has 0 heterocycles. The Bertz CT molecular complexity index is 714. The van der Waals surface area contributed by atoms with Crippen molar-refractivity contribution in [3.8, 4) is 5.75 Å². The number of aliphatic hydroxyl groups is 1. The molecule has 2 rings (SSSR count). The van der Waals surface area contributed by atoms with Crippen molar-refractivity contribution in [3.63, 3.8) is 0 Å². The number of hydrogen-bond donors (Lipinski definition) is 2. The van der Waals surface area contributed by atoms with E-state index in [0.29, 0.717) is 12.8 Å². The largest absolute Gasteiger partial charge is 0.497 e. The zero-order valence-electron chi connectivity index (χ0n) is 13.7. The Morgan fingerprint density at radius 1 is 1.04 bits per heavy atom. The Hall–Kier alpha value is -1.89. The average Bonchev–Trinajstić information content (AvgIpc) is 2.60. The maximum Gasteiger partial charge on any atom is 0.212 e. The minimum Gasteiger partial charge on any atom is -0.497 e. The molecule has 0 aromatic heterocycles. The monoisotopic (exact) mass is 349 g/mol. The van der Waals surface area contributed by atoms with E-state index in [9.17, 15) is 13.5 Å². The van der Waals surface area contributed by atoms with E-state index < -0.39 is 16.1 Å². The SMILES string of the molecule is COc1ccc(CCS(=O)(=O)NC[C@@H](O)Cc2ccccc2)cc1. The molecule has 2 aromatic rings. The van der Waals surface area contributed by atoms with Crippen molar-refractivity contribution in [1.29, 1.82) is 0 Å². The summed E-state index contributed by atoms with van der Waals surface area (Å²) in [7, 11) is -1.84. The van der Waals surface area contributed by atoms with Crippen LogP contribution >= 0.6 is 0 Å². The van der Waals surface area contributed by atoms with E-state index in [-0.39, 0.29) is 12.3 Å². The Balaban J connectivity index is 1.78. The van der Waals surface area contributed by atoms with Crippen molar-refractivity contribution < 1.29 is 18.3 Å². The molecular weight excluding hydrogens is 326 g/mol. The van der Waals surface area contributed by atoms with Crippen LogP contribution in [0.15, 0.2) is 54.6 Å². The maximum atomic E-state index is 12.0. The maximum absolute atomic E-state index is 12.0. The predicted octanol–water partition coefficient (Wildman–Crippen LogP) is 1.76. The summed E-state index contributed by atoms with van der Waals surface area (Å²) >= 11 is 0. The van der Waals surface area contributed by atoms with Gasteiger partial charge in [-0.15, -0.1) is 0 Å². The van der Waals surface area contributed by atoms with E-state index in [1.54, 1.807) is 19.2 Å². The van der Waals surface area contributed by atoms with Gasteiger partial charge in [0.2, 0.25) is 10.0 Å². The fourth-order valence-corrected chi connectivity index (χ4v) is 3.39. The van der Waals surface area contributed by atoms with Crippen LogP contribution in [0, 0.1) is 0 Å². The summed E-state index contributed by atoms with van der Waals surface area (Å²) in [5.74, 6) is 0.723. The minimum absolute atomic E-state index is 0.0137. The molecule has 130 valence electrons. The summed E-state index contributed by atoms with van der Waals surface area (Å²) in [4.78, 5) is 0. The van der Waals surface area contributed by atoms with Gasteiger partial charge in [-0.25, -0.2) is 13.1 Å². The molecule has 2 aromatic carbocycles. The van der Waals surface area contributed by atoms with Gasteiger partial charge in [0.1, 0.15) is 5.75 Å². The third-order valence-corrected chi connectivity index (χ3v) is 5.02. The third-order valence-electron chi connectivity index (χ3n) is 3.67. The van der Waals surface area contributed by atoms with Crippen molar-refractivity contribution >= 4 is 10.0 Å². The molecule has 0 radical (unpaired) electrons. The standard InChI is InChI=1S/C18H23NO4S/c1-23-18-9-7-15(8-10-18)11-12-24(21,22)19-14-17(20)13-16-5-3-2-4-6-16/h2-10,17,19-20H,11-14H2,1H3/t17-/m0/s1. The first-order valence-electron chi connectivity index (χ1n) is 7.81. The first-order valence-corrected chi connectivity index (χ1v) is 9.46. The highest BCUT2D eigenvalue weighted by Gasteiger charge is 2.13. The molecule has 0 saturated carbocycles. The van der Waals surface area contributed by atoms with E-state index in [1.807, 2.05) is 42.5 Å². The Morgan fingerprint density at radius 3 is 2.33 bits per heavy atom. The summed E-state index contributed by atoms with van der Waals surface area (Å²) in [6.45, 7) is 0.0137. The molecule has 0 saturated heterocycles. The van der Waals surface area contributed by atoms with Crippen LogP contribution < -0.4 is 9.46 Å². The number of aryl methyl sites for hydroxylation is 1. The molecule has 0 bridgehead atoms. The molecule has 0 spiro atoms. The van der Waals surface area contributed by atoms with Gasteiger partial charge in [-0.2, -0.15) is 0 Å². The highest BCUT2D eigenvalue weighted by Crippen LogP contribution is 2.12. The van der Waals surface area contributed by atoms with Crippen LogP contribution in [-0.2, 0) is 22.9 Å². The molecule has 0 amide bonds. The Kier molecular flexibility index (Phi) is 6.78. The van der Waals surface area contributed by atoms with Gasteiger partial charge < -0.3 is 9.84 Å². The lowest BCUT2D eigenvalue weighted by atomic mass is 10.1. The molecule has 0 fully saturated rings. The van der Waals surface area contributed by atoms with Crippen LogP contribution in [0.4, 0.5) is 0 Å². The number of benzene rings is 2.